The highest BCUT2D eigenvalue weighted by Crippen LogP contribution is 1.96. The van der Waals surface area contributed by atoms with Gasteiger partial charge in [-0.25, -0.2) is 0 Å². The number of hydrogen-bond donors (Lipinski definition) is 0. The molecule has 1 rings (SSSR count). The van der Waals surface area contributed by atoms with Gasteiger partial charge in [0.15, 0.2) is 0 Å². The summed E-state index contributed by atoms with van der Waals surface area (Å²) in [6, 6.07) is 0. The summed E-state index contributed by atoms with van der Waals surface area (Å²) in [7, 11) is 6.36. The Morgan fingerprint density at radius 2 is 1.62 bits per heavy atom. The molecule has 0 atom stereocenters. The van der Waals surface area contributed by atoms with Gasteiger partial charge in [-0.3, -0.25) is 0 Å². The van der Waals surface area contributed by atoms with E-state index in [2.05, 4.69) is 31.3 Å². The Hall–Kier alpha value is -0.0151. The van der Waals surface area contributed by atoms with Gasteiger partial charge in [0.1, 0.15) is 0 Å². The molecule has 2 nitrogen and oxygen atoms in total. The van der Waals surface area contributed by atoms with E-state index in [0.29, 0.717) is 0 Å². The second kappa shape index (κ2) is 2.51. The second-order valence-corrected chi connectivity index (χ2v) is 2.43. The second-order valence-electron chi connectivity index (χ2n) is 2.43. The highest BCUT2D eigenvalue weighted by molar-refractivity contribution is 6.28. The molecular weight excluding hydrogens is 98.9 g/mol. The lowest BCUT2D eigenvalue weighted by Crippen LogP contribution is -2.43. The van der Waals surface area contributed by atoms with Crippen molar-refractivity contribution in [1.29, 1.82) is 0 Å². The molecule has 1 heterocycles. The van der Waals surface area contributed by atoms with Gasteiger partial charge in [0.25, 0.3) is 0 Å². The van der Waals surface area contributed by atoms with Crippen LogP contribution in [0.1, 0.15) is 6.42 Å². The third-order valence-corrected chi connectivity index (χ3v) is 1.42. The van der Waals surface area contributed by atoms with Crippen molar-refractivity contribution >= 4 is 7.55 Å². The zero-order chi connectivity index (χ0) is 5.98. The van der Waals surface area contributed by atoms with Gasteiger partial charge in [-0.1, -0.05) is 0 Å². The zero-order valence-electron chi connectivity index (χ0n) is 5.59. The van der Waals surface area contributed by atoms with Crippen LogP contribution in [0.2, 0.25) is 0 Å². The fourth-order valence-corrected chi connectivity index (χ4v) is 1.02. The quantitative estimate of drug-likeness (QED) is 0.399. The summed E-state index contributed by atoms with van der Waals surface area (Å²) in [6.07, 6.45) is 1.30. The summed E-state index contributed by atoms with van der Waals surface area (Å²) in [5.41, 5.74) is 0. The largest absolute Gasteiger partial charge is 0.335 e. The van der Waals surface area contributed by atoms with Crippen LogP contribution < -0.4 is 0 Å². The van der Waals surface area contributed by atoms with Crippen LogP contribution in [0.15, 0.2) is 0 Å². The molecule has 0 spiro atoms. The smallest absolute Gasteiger partial charge is 0.312 e. The van der Waals surface area contributed by atoms with Gasteiger partial charge in [-0.05, 0) is 33.6 Å². The van der Waals surface area contributed by atoms with Crippen LogP contribution in [0.25, 0.3) is 0 Å². The summed E-state index contributed by atoms with van der Waals surface area (Å²) >= 11 is 0. The average Bonchev–Trinajstić information content (AvgIpc) is 1.64. The summed E-state index contributed by atoms with van der Waals surface area (Å²) < 4.78 is 0. The molecule has 0 unspecified atom stereocenters. The molecule has 1 aliphatic heterocycles. The van der Waals surface area contributed by atoms with E-state index in [1.54, 1.807) is 0 Å². The van der Waals surface area contributed by atoms with Crippen LogP contribution in [-0.4, -0.2) is 44.4 Å². The van der Waals surface area contributed by atoms with E-state index in [0.717, 1.165) is 0 Å². The van der Waals surface area contributed by atoms with E-state index in [4.69, 9.17) is 0 Å². The molecule has 0 aliphatic carbocycles. The number of nitrogens with zero attached hydrogens (tertiary/aromatic N) is 2. The SMILES string of the molecule is CN1[B]N(C)CCC1. The van der Waals surface area contributed by atoms with Crippen molar-refractivity contribution in [3.63, 3.8) is 0 Å². The predicted molar refractivity (Wildman–Crippen MR) is 35.6 cm³/mol. The Bertz CT molecular complexity index is 68.8. The highest BCUT2D eigenvalue weighted by atomic mass is 15.2. The molecule has 0 N–H and O–H groups in total. The van der Waals surface area contributed by atoms with Gasteiger partial charge in [-0.15, -0.1) is 0 Å². The van der Waals surface area contributed by atoms with Crippen molar-refractivity contribution in [3.05, 3.63) is 0 Å². The third kappa shape index (κ3) is 1.49. The minimum atomic E-state index is 1.21. The topological polar surface area (TPSA) is 6.48 Å². The molecule has 0 aromatic heterocycles. The first-order chi connectivity index (χ1) is 3.79. The van der Waals surface area contributed by atoms with Crippen LogP contribution in [-0.2, 0) is 0 Å². The average molecular weight is 111 g/mol. The van der Waals surface area contributed by atoms with Crippen LogP contribution in [0.5, 0.6) is 0 Å². The van der Waals surface area contributed by atoms with E-state index in [-0.39, 0.29) is 0 Å². The van der Waals surface area contributed by atoms with Crippen LogP contribution in [0, 0.1) is 0 Å². The Morgan fingerprint density at radius 1 is 1.12 bits per heavy atom. The molecule has 3 heteroatoms. The van der Waals surface area contributed by atoms with Crippen LogP contribution in [0.3, 0.4) is 0 Å². The molecule has 1 radical (unpaired) electrons. The van der Waals surface area contributed by atoms with E-state index in [1.807, 2.05) is 0 Å². The van der Waals surface area contributed by atoms with E-state index >= 15 is 0 Å². The standard InChI is InChI=1S/C5H12BN2/c1-7-4-3-5-8(2)6-7/h3-5H2,1-2H3. The number of rotatable bonds is 0. The lowest BCUT2D eigenvalue weighted by molar-refractivity contribution is 0.364. The van der Waals surface area contributed by atoms with Crippen LogP contribution in [0.4, 0.5) is 0 Å². The van der Waals surface area contributed by atoms with Gasteiger partial charge in [0.2, 0.25) is 0 Å². The fraction of sp³-hybridized carbons (Fsp3) is 1.00. The van der Waals surface area contributed by atoms with Crippen LogP contribution >= 0.6 is 0 Å². The first kappa shape index (κ1) is 6.11. The van der Waals surface area contributed by atoms with Crippen molar-refractivity contribution in [3.8, 4) is 0 Å². The minimum Gasteiger partial charge on any atom is -0.335 e. The monoisotopic (exact) mass is 111 g/mol. The first-order valence-electron chi connectivity index (χ1n) is 3.04. The van der Waals surface area contributed by atoms with Crippen molar-refractivity contribution in [2.45, 2.75) is 6.42 Å². The molecule has 0 aromatic carbocycles. The minimum absolute atomic E-state index is 1.21. The summed E-state index contributed by atoms with van der Waals surface area (Å²) in [5.74, 6) is 0. The normalized spacial score (nSPS) is 25.2. The van der Waals surface area contributed by atoms with Crippen molar-refractivity contribution in [2.75, 3.05) is 27.2 Å². The van der Waals surface area contributed by atoms with E-state index in [1.165, 1.54) is 19.5 Å². The van der Waals surface area contributed by atoms with Gasteiger partial charge in [-0.2, -0.15) is 0 Å². The third-order valence-electron chi connectivity index (χ3n) is 1.42. The van der Waals surface area contributed by atoms with Crippen molar-refractivity contribution in [2.24, 2.45) is 0 Å². The van der Waals surface area contributed by atoms with Gasteiger partial charge >= 0.3 is 7.55 Å². The predicted octanol–water partition coefficient (Wildman–Crippen LogP) is -0.212. The fourth-order valence-electron chi connectivity index (χ4n) is 1.02. The molecule has 0 amide bonds. The Balaban J connectivity index is 2.23. The summed E-state index contributed by atoms with van der Waals surface area (Å²) in [6.45, 7) is 2.43. The maximum Gasteiger partial charge on any atom is 0.312 e. The molecule has 8 heavy (non-hydrogen) atoms. The van der Waals surface area contributed by atoms with Gasteiger partial charge in [0, 0.05) is 0 Å². The number of hydrogen-bond acceptors (Lipinski definition) is 2. The lowest BCUT2D eigenvalue weighted by Gasteiger charge is -2.28. The van der Waals surface area contributed by atoms with Crippen molar-refractivity contribution < 1.29 is 0 Å². The molecule has 0 bridgehead atoms. The summed E-state index contributed by atoms with van der Waals surface area (Å²) in [5, 5.41) is 0. The summed E-state index contributed by atoms with van der Waals surface area (Å²) in [4.78, 5) is 4.42. The molecule has 45 valence electrons. The van der Waals surface area contributed by atoms with E-state index < -0.39 is 0 Å². The molecular formula is C5H12BN2. The highest BCUT2D eigenvalue weighted by Gasteiger charge is 2.11. The van der Waals surface area contributed by atoms with Gasteiger partial charge in [0.05, 0.1) is 0 Å². The maximum absolute atomic E-state index is 2.21. The Labute approximate surface area is 51.7 Å². The Morgan fingerprint density at radius 3 is 1.88 bits per heavy atom. The lowest BCUT2D eigenvalue weighted by atomic mass is 10.0. The first-order valence-corrected chi connectivity index (χ1v) is 3.04. The van der Waals surface area contributed by atoms with Gasteiger partial charge < -0.3 is 9.62 Å². The molecule has 1 saturated heterocycles. The molecule has 1 aliphatic rings. The molecule has 0 aromatic rings. The molecule has 0 saturated carbocycles. The Kier molecular flexibility index (Phi) is 1.92. The zero-order valence-corrected chi connectivity index (χ0v) is 5.59. The molecule has 1 fully saturated rings. The maximum atomic E-state index is 2.21. The van der Waals surface area contributed by atoms with E-state index in [9.17, 15) is 0 Å². The van der Waals surface area contributed by atoms with Crippen molar-refractivity contribution in [1.82, 2.24) is 9.62 Å².